The van der Waals surface area contributed by atoms with Gasteiger partial charge < -0.3 is 9.47 Å². The maximum atomic E-state index is 10.8. The summed E-state index contributed by atoms with van der Waals surface area (Å²) >= 11 is 0. The maximum absolute atomic E-state index is 10.8. The van der Waals surface area contributed by atoms with Crippen molar-refractivity contribution < 1.29 is 14.3 Å². The first kappa shape index (κ1) is 9.50. The molecule has 0 N–H and O–H groups in total. The van der Waals surface area contributed by atoms with Gasteiger partial charge in [-0.05, 0) is 6.92 Å². The lowest BCUT2D eigenvalue weighted by molar-refractivity contribution is -0.135. The van der Waals surface area contributed by atoms with Crippen LogP contribution < -0.4 is 0 Å². The molecule has 0 bridgehead atoms. The van der Waals surface area contributed by atoms with Crippen LogP contribution in [-0.2, 0) is 14.3 Å². The molecule has 0 fully saturated rings. The molecule has 4 nitrogen and oxygen atoms in total. The van der Waals surface area contributed by atoms with Crippen LogP contribution >= 0.6 is 0 Å². The highest BCUT2D eigenvalue weighted by Gasteiger charge is 2.12. The van der Waals surface area contributed by atoms with Gasteiger partial charge in [-0.1, -0.05) is 0 Å². The minimum absolute atomic E-state index is 0.102. The van der Waals surface area contributed by atoms with Crippen molar-refractivity contribution in [2.45, 2.75) is 6.92 Å². The van der Waals surface area contributed by atoms with Gasteiger partial charge in [-0.15, -0.1) is 0 Å². The minimum atomic E-state index is -0.674. The Bertz CT molecular complexity index is 224. The van der Waals surface area contributed by atoms with Crippen molar-refractivity contribution in [3.63, 3.8) is 0 Å². The summed E-state index contributed by atoms with van der Waals surface area (Å²) in [5.74, 6) is -0.411. The molecule has 0 amide bonds. The second kappa shape index (κ2) is 4.34. The third kappa shape index (κ3) is 2.30. The van der Waals surface area contributed by atoms with E-state index in [9.17, 15) is 4.79 Å². The lowest BCUT2D eigenvalue weighted by atomic mass is 10.2. The van der Waals surface area contributed by atoms with Crippen LogP contribution in [0.3, 0.4) is 0 Å². The second-order valence-corrected chi connectivity index (χ2v) is 1.74. The van der Waals surface area contributed by atoms with Crippen LogP contribution in [0.1, 0.15) is 6.92 Å². The van der Waals surface area contributed by atoms with Gasteiger partial charge in [0.2, 0.25) is 0 Å². The lowest BCUT2D eigenvalue weighted by Crippen LogP contribution is -2.05. The average molecular weight is 155 g/mol. The molecule has 0 aliphatic rings. The number of rotatable bonds is 2. The first-order valence-corrected chi connectivity index (χ1v) is 2.90. The fourth-order valence-electron chi connectivity index (χ4n) is 0.472. The highest BCUT2D eigenvalue weighted by molar-refractivity contribution is 5.93. The van der Waals surface area contributed by atoms with Gasteiger partial charge >= 0.3 is 5.97 Å². The Balaban J connectivity index is 4.69. The van der Waals surface area contributed by atoms with E-state index in [2.05, 4.69) is 9.47 Å². The number of esters is 1. The summed E-state index contributed by atoms with van der Waals surface area (Å²) in [4.78, 5) is 10.8. The van der Waals surface area contributed by atoms with Crippen LogP contribution in [0.5, 0.6) is 0 Å². The number of nitrogens with zero attached hydrogens (tertiary/aromatic N) is 1. The summed E-state index contributed by atoms with van der Waals surface area (Å²) < 4.78 is 9.01. The molecule has 0 unspecified atom stereocenters. The van der Waals surface area contributed by atoms with Crippen LogP contribution in [0.4, 0.5) is 0 Å². The zero-order valence-corrected chi connectivity index (χ0v) is 6.67. The zero-order chi connectivity index (χ0) is 8.85. The molecule has 0 aromatic heterocycles. The van der Waals surface area contributed by atoms with Gasteiger partial charge in [0, 0.05) is 0 Å². The van der Waals surface area contributed by atoms with E-state index in [1.165, 1.54) is 21.1 Å². The van der Waals surface area contributed by atoms with Crippen molar-refractivity contribution in [2.75, 3.05) is 14.2 Å². The fourth-order valence-corrected chi connectivity index (χ4v) is 0.472. The molecule has 0 aliphatic heterocycles. The topological polar surface area (TPSA) is 59.3 Å². The summed E-state index contributed by atoms with van der Waals surface area (Å²) in [6.07, 6.45) is 0. The van der Waals surface area contributed by atoms with E-state index in [0.717, 1.165) is 0 Å². The second-order valence-electron chi connectivity index (χ2n) is 1.74. The van der Waals surface area contributed by atoms with Gasteiger partial charge in [0.15, 0.2) is 5.57 Å². The summed E-state index contributed by atoms with van der Waals surface area (Å²) in [5, 5.41) is 8.44. The highest BCUT2D eigenvalue weighted by atomic mass is 16.5. The van der Waals surface area contributed by atoms with E-state index in [1.807, 2.05) is 0 Å². The number of hydrogen-bond donors (Lipinski definition) is 0. The number of hydrogen-bond acceptors (Lipinski definition) is 4. The third-order valence-corrected chi connectivity index (χ3v) is 1.16. The van der Waals surface area contributed by atoms with E-state index in [1.54, 1.807) is 6.07 Å². The molecule has 0 atom stereocenters. The van der Waals surface area contributed by atoms with Crippen LogP contribution in [0, 0.1) is 11.3 Å². The Morgan fingerprint density at radius 2 is 1.91 bits per heavy atom. The van der Waals surface area contributed by atoms with Gasteiger partial charge in [-0.3, -0.25) is 0 Å². The van der Waals surface area contributed by atoms with Crippen molar-refractivity contribution in [3.05, 3.63) is 11.3 Å². The molecule has 11 heavy (non-hydrogen) atoms. The SMILES string of the molecule is COC(=O)/C(C#N)=C(/C)OC. The number of allylic oxidation sites excluding steroid dienone is 1. The van der Waals surface area contributed by atoms with Crippen molar-refractivity contribution in [1.29, 1.82) is 5.26 Å². The fraction of sp³-hybridized carbons (Fsp3) is 0.429. The Morgan fingerprint density at radius 3 is 2.18 bits per heavy atom. The molecule has 0 aliphatic carbocycles. The average Bonchev–Trinajstić information content (AvgIpc) is 2.05. The van der Waals surface area contributed by atoms with Gasteiger partial charge in [-0.25, -0.2) is 4.79 Å². The number of carbonyl (C=O) groups excluding carboxylic acids is 1. The predicted octanol–water partition coefficient (Wildman–Crippen LogP) is 0.603. The summed E-state index contributed by atoms with van der Waals surface area (Å²) in [7, 11) is 2.60. The number of carbonyl (C=O) groups is 1. The lowest BCUT2D eigenvalue weighted by Gasteiger charge is -2.00. The highest BCUT2D eigenvalue weighted by Crippen LogP contribution is 2.04. The Hall–Kier alpha value is -1.50. The number of nitriles is 1. The maximum Gasteiger partial charge on any atom is 0.352 e. The van der Waals surface area contributed by atoms with Crippen molar-refractivity contribution in [1.82, 2.24) is 0 Å². The van der Waals surface area contributed by atoms with Gasteiger partial charge in [0.05, 0.1) is 14.2 Å². The van der Waals surface area contributed by atoms with E-state index in [0.29, 0.717) is 0 Å². The quantitative estimate of drug-likeness (QED) is 0.253. The molecule has 0 saturated heterocycles. The molecular formula is C7H9NO3. The van der Waals surface area contributed by atoms with Gasteiger partial charge in [0.25, 0.3) is 0 Å². The number of methoxy groups -OCH3 is 2. The van der Waals surface area contributed by atoms with E-state index in [4.69, 9.17) is 5.26 Å². The van der Waals surface area contributed by atoms with Crippen molar-refractivity contribution >= 4 is 5.97 Å². The Morgan fingerprint density at radius 1 is 1.36 bits per heavy atom. The smallest absolute Gasteiger partial charge is 0.352 e. The Labute approximate surface area is 65.0 Å². The molecule has 60 valence electrons. The Kier molecular flexibility index (Phi) is 3.75. The molecule has 0 spiro atoms. The van der Waals surface area contributed by atoms with Gasteiger partial charge in [-0.2, -0.15) is 5.26 Å². The first-order valence-electron chi connectivity index (χ1n) is 2.90. The normalized spacial score (nSPS) is 11.1. The van der Waals surface area contributed by atoms with Crippen LogP contribution in [0.2, 0.25) is 0 Å². The largest absolute Gasteiger partial charge is 0.500 e. The minimum Gasteiger partial charge on any atom is -0.500 e. The van der Waals surface area contributed by atoms with E-state index >= 15 is 0 Å². The molecule has 4 heteroatoms. The summed E-state index contributed by atoms with van der Waals surface area (Å²) in [6.45, 7) is 1.52. The molecule has 0 heterocycles. The molecular weight excluding hydrogens is 146 g/mol. The summed E-state index contributed by atoms with van der Waals surface area (Å²) in [6, 6.07) is 1.68. The monoisotopic (exact) mass is 155 g/mol. The third-order valence-electron chi connectivity index (χ3n) is 1.16. The summed E-state index contributed by atoms with van der Waals surface area (Å²) in [5.41, 5.74) is -0.102. The number of ether oxygens (including phenoxy) is 2. The van der Waals surface area contributed by atoms with Crippen LogP contribution in [0.15, 0.2) is 11.3 Å². The van der Waals surface area contributed by atoms with Crippen molar-refractivity contribution in [2.24, 2.45) is 0 Å². The first-order chi connectivity index (χ1) is 5.17. The standard InChI is InChI=1S/C7H9NO3/c1-5(10-2)6(4-8)7(9)11-3/h1-3H3/b6-5-. The molecule has 0 rings (SSSR count). The van der Waals surface area contributed by atoms with E-state index < -0.39 is 5.97 Å². The molecule has 0 radical (unpaired) electrons. The molecule has 0 saturated carbocycles. The van der Waals surface area contributed by atoms with Crippen molar-refractivity contribution in [3.8, 4) is 6.07 Å². The van der Waals surface area contributed by atoms with Gasteiger partial charge in [0.1, 0.15) is 11.8 Å². The molecule has 0 aromatic rings. The van der Waals surface area contributed by atoms with E-state index in [-0.39, 0.29) is 11.3 Å². The van der Waals surface area contributed by atoms with Crippen LogP contribution in [-0.4, -0.2) is 20.2 Å². The predicted molar refractivity (Wildman–Crippen MR) is 37.3 cm³/mol. The van der Waals surface area contributed by atoms with Crippen LogP contribution in [0.25, 0.3) is 0 Å². The zero-order valence-electron chi connectivity index (χ0n) is 6.67. The molecule has 0 aromatic carbocycles.